The molecule has 1 aromatic heterocycles. The molecule has 4 saturated carbocycles. The lowest BCUT2D eigenvalue weighted by atomic mass is 9.45. The van der Waals surface area contributed by atoms with E-state index in [1.807, 2.05) is 16.9 Å². The topological polar surface area (TPSA) is 34.9 Å². The summed E-state index contributed by atoms with van der Waals surface area (Å²) in [6.07, 6.45) is 16.0. The molecule has 3 heteroatoms. The van der Waals surface area contributed by atoms with Crippen LogP contribution in [0.15, 0.2) is 17.8 Å². The Labute approximate surface area is 170 Å². The van der Waals surface area contributed by atoms with Crippen molar-refractivity contribution in [1.29, 1.82) is 0 Å². The molecule has 1 aromatic rings. The molecular formula is C25H36N2O. The van der Waals surface area contributed by atoms with Crippen LogP contribution in [-0.2, 0) is 11.3 Å². The van der Waals surface area contributed by atoms with Gasteiger partial charge in [0, 0.05) is 18.2 Å². The summed E-state index contributed by atoms with van der Waals surface area (Å²) in [6.45, 7) is 7.88. The summed E-state index contributed by atoms with van der Waals surface area (Å²) >= 11 is 0. The minimum absolute atomic E-state index is 0.127. The molecule has 0 spiro atoms. The van der Waals surface area contributed by atoms with Crippen LogP contribution in [0, 0.1) is 34.5 Å². The van der Waals surface area contributed by atoms with Crippen molar-refractivity contribution in [2.75, 3.05) is 0 Å². The van der Waals surface area contributed by atoms with E-state index in [0.717, 1.165) is 48.4 Å². The summed E-state index contributed by atoms with van der Waals surface area (Å²) < 4.78 is 1.95. The van der Waals surface area contributed by atoms with E-state index >= 15 is 0 Å². The van der Waals surface area contributed by atoms with E-state index in [2.05, 4.69) is 31.9 Å². The Morgan fingerprint density at radius 2 is 2.00 bits per heavy atom. The monoisotopic (exact) mass is 380 g/mol. The molecule has 0 saturated heterocycles. The van der Waals surface area contributed by atoms with Crippen molar-refractivity contribution in [3.63, 3.8) is 0 Å². The van der Waals surface area contributed by atoms with Gasteiger partial charge < -0.3 is 0 Å². The van der Waals surface area contributed by atoms with Crippen LogP contribution in [0.2, 0.25) is 0 Å². The average Bonchev–Trinajstić information content (AvgIpc) is 3.25. The zero-order valence-corrected chi connectivity index (χ0v) is 17.9. The molecule has 0 amide bonds. The molecule has 0 N–H and O–H groups in total. The molecule has 0 bridgehead atoms. The van der Waals surface area contributed by atoms with Gasteiger partial charge >= 0.3 is 0 Å². The van der Waals surface area contributed by atoms with Crippen molar-refractivity contribution in [2.45, 2.75) is 85.1 Å². The summed E-state index contributed by atoms with van der Waals surface area (Å²) in [6, 6.07) is 2.05. The van der Waals surface area contributed by atoms with E-state index in [0.29, 0.717) is 17.1 Å². The Balaban J connectivity index is 1.45. The summed E-state index contributed by atoms with van der Waals surface area (Å²) in [5, 5.41) is 4.60. The van der Waals surface area contributed by atoms with E-state index in [1.165, 1.54) is 44.9 Å². The number of Topliss-reactive ketones (excluding diaryl/α,β-unsaturated/α-hetero) is 1. The number of nitrogens with zero attached hydrogens (tertiary/aromatic N) is 2. The SMILES string of the molecule is CCn1ccc(/C=C2\C[C@@H]3[C@H]4CC[C@H]5CCCC[C@]5(C)[C@@H]4CC[C@@]3(C)C2=O)n1. The lowest BCUT2D eigenvalue weighted by Crippen LogP contribution is -2.52. The maximum Gasteiger partial charge on any atom is 0.165 e. The number of carbonyl (C=O) groups is 1. The molecule has 5 rings (SSSR count). The fourth-order valence-corrected chi connectivity index (χ4v) is 7.90. The first-order chi connectivity index (χ1) is 13.5. The number of rotatable bonds is 2. The number of aromatic nitrogens is 2. The smallest absolute Gasteiger partial charge is 0.165 e. The molecule has 1 heterocycles. The quantitative estimate of drug-likeness (QED) is 0.599. The minimum atomic E-state index is -0.127. The zero-order valence-electron chi connectivity index (χ0n) is 17.9. The molecule has 152 valence electrons. The Kier molecular flexibility index (Phi) is 4.37. The van der Waals surface area contributed by atoms with E-state index in [4.69, 9.17) is 0 Å². The van der Waals surface area contributed by atoms with Gasteiger partial charge in [0.1, 0.15) is 0 Å². The van der Waals surface area contributed by atoms with Gasteiger partial charge in [0.2, 0.25) is 0 Å². The third-order valence-electron chi connectivity index (χ3n) is 9.53. The number of fused-ring (bicyclic) bond motifs is 5. The fourth-order valence-electron chi connectivity index (χ4n) is 7.90. The van der Waals surface area contributed by atoms with E-state index in [1.54, 1.807) is 0 Å². The van der Waals surface area contributed by atoms with Crippen LogP contribution in [0.4, 0.5) is 0 Å². The maximum absolute atomic E-state index is 13.5. The second kappa shape index (κ2) is 6.57. The normalized spacial score (nSPS) is 44.2. The molecule has 4 aliphatic rings. The van der Waals surface area contributed by atoms with Crippen molar-refractivity contribution in [2.24, 2.45) is 34.5 Å². The highest BCUT2D eigenvalue weighted by molar-refractivity contribution is 6.05. The molecule has 0 radical (unpaired) electrons. The van der Waals surface area contributed by atoms with Crippen LogP contribution in [0.1, 0.15) is 84.3 Å². The molecule has 6 atom stereocenters. The van der Waals surface area contributed by atoms with Crippen LogP contribution in [0.25, 0.3) is 6.08 Å². The zero-order chi connectivity index (χ0) is 19.5. The van der Waals surface area contributed by atoms with Crippen molar-refractivity contribution in [3.05, 3.63) is 23.5 Å². The lowest BCUT2D eigenvalue weighted by Gasteiger charge is -2.59. The number of ketones is 1. The molecular weight excluding hydrogens is 344 g/mol. The van der Waals surface area contributed by atoms with Gasteiger partial charge in [0.25, 0.3) is 0 Å². The molecule has 4 fully saturated rings. The highest BCUT2D eigenvalue weighted by atomic mass is 16.1. The van der Waals surface area contributed by atoms with Crippen LogP contribution in [0.5, 0.6) is 0 Å². The molecule has 0 aromatic carbocycles. The highest BCUT2D eigenvalue weighted by Gasteiger charge is 2.60. The standard InChI is InChI=1S/C25H36N2O/c1-4-27-14-11-19(26-27)15-17-16-22-20-9-8-18-7-5-6-12-24(18,2)21(20)10-13-25(22,3)23(17)28/h11,14-15,18,20-22H,4-10,12-13,16H2,1-3H3/b17-15+/t18-,20+,21-,22-,24+,25-/m1/s1. The van der Waals surface area contributed by atoms with Crippen LogP contribution < -0.4 is 0 Å². The van der Waals surface area contributed by atoms with Crippen LogP contribution in [-0.4, -0.2) is 15.6 Å². The van der Waals surface area contributed by atoms with Gasteiger partial charge in [0.05, 0.1) is 5.69 Å². The summed E-state index contributed by atoms with van der Waals surface area (Å²) in [5.74, 6) is 3.52. The van der Waals surface area contributed by atoms with Crippen molar-refractivity contribution in [1.82, 2.24) is 9.78 Å². The van der Waals surface area contributed by atoms with Gasteiger partial charge in [-0.05, 0) is 98.7 Å². The van der Waals surface area contributed by atoms with Crippen LogP contribution in [0.3, 0.4) is 0 Å². The Morgan fingerprint density at radius 3 is 2.79 bits per heavy atom. The molecule has 28 heavy (non-hydrogen) atoms. The summed E-state index contributed by atoms with van der Waals surface area (Å²) in [4.78, 5) is 13.5. The number of hydrogen-bond donors (Lipinski definition) is 0. The second-order valence-corrected chi connectivity index (χ2v) is 10.7. The van der Waals surface area contributed by atoms with Gasteiger partial charge in [-0.3, -0.25) is 9.48 Å². The first-order valence-electron chi connectivity index (χ1n) is 11.7. The molecule has 0 aliphatic heterocycles. The van der Waals surface area contributed by atoms with Crippen molar-refractivity contribution >= 4 is 11.9 Å². The highest BCUT2D eigenvalue weighted by Crippen LogP contribution is 2.66. The van der Waals surface area contributed by atoms with Crippen LogP contribution >= 0.6 is 0 Å². The summed E-state index contributed by atoms with van der Waals surface area (Å²) in [5.41, 5.74) is 2.41. The van der Waals surface area contributed by atoms with Crippen molar-refractivity contribution in [3.8, 4) is 0 Å². The number of hydrogen-bond acceptors (Lipinski definition) is 2. The number of aryl methyl sites for hydroxylation is 1. The lowest BCUT2D eigenvalue weighted by molar-refractivity contribution is -0.137. The average molecular weight is 381 g/mol. The van der Waals surface area contributed by atoms with Gasteiger partial charge in [-0.25, -0.2) is 0 Å². The minimum Gasteiger partial charge on any atom is -0.294 e. The third kappa shape index (κ3) is 2.60. The maximum atomic E-state index is 13.5. The van der Waals surface area contributed by atoms with E-state index < -0.39 is 0 Å². The largest absolute Gasteiger partial charge is 0.294 e. The first kappa shape index (κ1) is 18.6. The number of carbonyl (C=O) groups excluding carboxylic acids is 1. The third-order valence-corrected chi connectivity index (χ3v) is 9.53. The van der Waals surface area contributed by atoms with Gasteiger partial charge in [-0.1, -0.05) is 26.7 Å². The Morgan fingerprint density at radius 1 is 1.14 bits per heavy atom. The first-order valence-corrected chi connectivity index (χ1v) is 11.7. The Bertz CT molecular complexity index is 807. The van der Waals surface area contributed by atoms with Gasteiger partial charge in [-0.2, -0.15) is 5.10 Å². The molecule has 4 aliphatic carbocycles. The predicted molar refractivity (Wildman–Crippen MR) is 113 cm³/mol. The van der Waals surface area contributed by atoms with Gasteiger partial charge in [0.15, 0.2) is 5.78 Å². The number of allylic oxidation sites excluding steroid dienone is 1. The predicted octanol–water partition coefficient (Wildman–Crippen LogP) is 5.90. The fraction of sp³-hybridized carbons (Fsp3) is 0.760. The van der Waals surface area contributed by atoms with Gasteiger partial charge in [-0.15, -0.1) is 0 Å². The van der Waals surface area contributed by atoms with Crippen molar-refractivity contribution < 1.29 is 4.79 Å². The van der Waals surface area contributed by atoms with E-state index in [9.17, 15) is 4.79 Å². The molecule has 0 unspecified atom stereocenters. The second-order valence-electron chi connectivity index (χ2n) is 10.7. The van der Waals surface area contributed by atoms with E-state index in [-0.39, 0.29) is 5.41 Å². The molecule has 3 nitrogen and oxygen atoms in total. The Hall–Kier alpha value is -1.38. The summed E-state index contributed by atoms with van der Waals surface area (Å²) in [7, 11) is 0.